The van der Waals surface area contributed by atoms with Crippen molar-refractivity contribution in [1.82, 2.24) is 4.90 Å². The Morgan fingerprint density at radius 3 is 2.70 bits per heavy atom. The van der Waals surface area contributed by atoms with Crippen molar-refractivity contribution < 1.29 is 13.9 Å². The van der Waals surface area contributed by atoms with Crippen molar-refractivity contribution in [2.24, 2.45) is 0 Å². The maximum absolute atomic E-state index is 14.0. The molecule has 1 atom stereocenters. The van der Waals surface area contributed by atoms with E-state index < -0.39 is 0 Å². The second-order valence-electron chi connectivity index (χ2n) is 5.56. The van der Waals surface area contributed by atoms with E-state index in [-0.39, 0.29) is 23.9 Å². The second kappa shape index (κ2) is 5.31. The standard InChI is InChI=1S/C15H19FN2O2/c1-18-8-7-13(15(18)19)17-10-5-6-14(12(16)9-10)20-11-3-2-4-11/h5-6,9,11,13,17H,2-4,7-8H2,1H3. The van der Waals surface area contributed by atoms with Crippen LogP contribution in [0, 0.1) is 5.82 Å². The van der Waals surface area contributed by atoms with Crippen LogP contribution in [0.15, 0.2) is 18.2 Å². The van der Waals surface area contributed by atoms with Crippen LogP contribution in [0.5, 0.6) is 5.75 Å². The lowest BCUT2D eigenvalue weighted by Gasteiger charge is -2.26. The molecule has 20 heavy (non-hydrogen) atoms. The van der Waals surface area contributed by atoms with Crippen molar-refractivity contribution in [2.45, 2.75) is 37.8 Å². The minimum atomic E-state index is -0.374. The number of rotatable bonds is 4. The highest BCUT2D eigenvalue weighted by Gasteiger charge is 2.29. The SMILES string of the molecule is CN1CCC(Nc2ccc(OC3CCC3)c(F)c2)C1=O. The molecule has 0 aromatic heterocycles. The van der Waals surface area contributed by atoms with Gasteiger partial charge in [-0.3, -0.25) is 4.79 Å². The minimum Gasteiger partial charge on any atom is -0.487 e. The van der Waals surface area contributed by atoms with Gasteiger partial charge in [-0.2, -0.15) is 0 Å². The van der Waals surface area contributed by atoms with Gasteiger partial charge >= 0.3 is 0 Å². The lowest BCUT2D eigenvalue weighted by Crippen LogP contribution is -2.31. The van der Waals surface area contributed by atoms with Crippen LogP contribution in [-0.2, 0) is 4.79 Å². The van der Waals surface area contributed by atoms with Gasteiger partial charge in [-0.25, -0.2) is 4.39 Å². The summed E-state index contributed by atoms with van der Waals surface area (Å²) in [6, 6.07) is 4.55. The van der Waals surface area contributed by atoms with Crippen LogP contribution in [0.1, 0.15) is 25.7 Å². The van der Waals surface area contributed by atoms with Gasteiger partial charge in [-0.05, 0) is 37.8 Å². The van der Waals surface area contributed by atoms with Crippen LogP contribution in [0.3, 0.4) is 0 Å². The van der Waals surface area contributed by atoms with Crippen molar-refractivity contribution in [3.8, 4) is 5.75 Å². The summed E-state index contributed by atoms with van der Waals surface area (Å²) in [5.74, 6) is -0.0176. The number of amides is 1. The van der Waals surface area contributed by atoms with Crippen LogP contribution in [0.25, 0.3) is 0 Å². The Balaban J connectivity index is 1.65. The smallest absolute Gasteiger partial charge is 0.244 e. The van der Waals surface area contributed by atoms with Crippen molar-refractivity contribution >= 4 is 11.6 Å². The average molecular weight is 278 g/mol. The van der Waals surface area contributed by atoms with Gasteiger partial charge < -0.3 is 15.0 Å². The van der Waals surface area contributed by atoms with E-state index in [0.717, 1.165) is 32.2 Å². The molecule has 1 saturated carbocycles. The van der Waals surface area contributed by atoms with Crippen molar-refractivity contribution in [3.63, 3.8) is 0 Å². The van der Waals surface area contributed by atoms with Crippen molar-refractivity contribution in [1.29, 1.82) is 0 Å². The zero-order valence-electron chi connectivity index (χ0n) is 11.6. The van der Waals surface area contributed by atoms with Crippen molar-refractivity contribution in [2.75, 3.05) is 18.9 Å². The fourth-order valence-electron chi connectivity index (χ4n) is 2.51. The Bertz CT molecular complexity index is 517. The van der Waals surface area contributed by atoms with E-state index in [9.17, 15) is 9.18 Å². The fraction of sp³-hybridized carbons (Fsp3) is 0.533. The van der Waals surface area contributed by atoms with Crippen molar-refractivity contribution in [3.05, 3.63) is 24.0 Å². The number of anilines is 1. The van der Waals surface area contributed by atoms with Crippen LogP contribution in [-0.4, -0.2) is 36.5 Å². The maximum Gasteiger partial charge on any atom is 0.244 e. The third-order valence-electron chi connectivity index (χ3n) is 4.05. The van der Waals surface area contributed by atoms with Gasteiger partial charge in [-0.1, -0.05) is 0 Å². The molecule has 4 nitrogen and oxygen atoms in total. The molecule has 2 aliphatic rings. The largest absolute Gasteiger partial charge is 0.487 e. The molecule has 1 aromatic carbocycles. The Kier molecular flexibility index (Phi) is 3.51. The van der Waals surface area contributed by atoms with Crippen LogP contribution in [0.4, 0.5) is 10.1 Å². The molecule has 0 bridgehead atoms. The van der Waals surface area contributed by atoms with Gasteiger partial charge in [0.25, 0.3) is 0 Å². The van der Waals surface area contributed by atoms with E-state index in [1.165, 1.54) is 6.07 Å². The number of nitrogens with one attached hydrogen (secondary N) is 1. The second-order valence-corrected chi connectivity index (χ2v) is 5.56. The summed E-state index contributed by atoms with van der Waals surface area (Å²) in [6.07, 6.45) is 4.07. The third kappa shape index (κ3) is 2.57. The molecule has 5 heteroatoms. The molecular formula is C15H19FN2O2. The summed E-state index contributed by atoms with van der Waals surface area (Å²) in [7, 11) is 1.78. The molecule has 3 rings (SSSR count). The number of ether oxygens (including phenoxy) is 1. The average Bonchev–Trinajstić information content (AvgIpc) is 2.68. The van der Waals surface area contributed by atoms with Crippen LogP contribution < -0.4 is 10.1 Å². The molecule has 0 radical (unpaired) electrons. The zero-order valence-corrected chi connectivity index (χ0v) is 11.6. The molecule has 0 spiro atoms. The monoisotopic (exact) mass is 278 g/mol. The minimum absolute atomic E-state index is 0.0557. The first-order chi connectivity index (χ1) is 9.63. The number of hydrogen-bond acceptors (Lipinski definition) is 3. The highest BCUT2D eigenvalue weighted by molar-refractivity contribution is 5.86. The molecule has 1 aromatic rings. The number of benzene rings is 1. The van der Waals surface area contributed by atoms with Crippen LogP contribution >= 0.6 is 0 Å². The Morgan fingerprint density at radius 1 is 1.35 bits per heavy atom. The molecular weight excluding hydrogens is 259 g/mol. The van der Waals surface area contributed by atoms with E-state index in [4.69, 9.17) is 4.74 Å². The first-order valence-corrected chi connectivity index (χ1v) is 7.11. The number of hydrogen-bond donors (Lipinski definition) is 1. The number of carbonyl (C=O) groups is 1. The molecule has 1 aliphatic heterocycles. The quantitative estimate of drug-likeness (QED) is 0.919. The number of likely N-dealkylation sites (tertiary alicyclic amines) is 1. The van der Waals surface area contributed by atoms with Gasteiger partial charge in [0.2, 0.25) is 5.91 Å². The number of nitrogens with zero attached hydrogens (tertiary/aromatic N) is 1. The molecule has 1 saturated heterocycles. The van der Waals surface area contributed by atoms with Gasteiger partial charge in [0.05, 0.1) is 6.10 Å². The summed E-state index contributed by atoms with van der Waals surface area (Å²) >= 11 is 0. The van der Waals surface area contributed by atoms with E-state index in [0.29, 0.717) is 11.4 Å². The third-order valence-corrected chi connectivity index (χ3v) is 4.05. The maximum atomic E-state index is 14.0. The molecule has 1 unspecified atom stereocenters. The highest BCUT2D eigenvalue weighted by Crippen LogP contribution is 2.29. The number of halogens is 1. The molecule has 1 N–H and O–H groups in total. The predicted molar refractivity (Wildman–Crippen MR) is 74.3 cm³/mol. The summed E-state index contributed by atoms with van der Waals surface area (Å²) < 4.78 is 19.5. The Morgan fingerprint density at radius 2 is 2.15 bits per heavy atom. The fourth-order valence-corrected chi connectivity index (χ4v) is 2.51. The Hall–Kier alpha value is -1.78. The van der Waals surface area contributed by atoms with E-state index in [1.807, 2.05) is 0 Å². The van der Waals surface area contributed by atoms with Gasteiger partial charge in [-0.15, -0.1) is 0 Å². The number of carbonyl (C=O) groups excluding carboxylic acids is 1. The molecule has 1 aliphatic carbocycles. The van der Waals surface area contributed by atoms with Gasteiger partial charge in [0.1, 0.15) is 6.04 Å². The zero-order chi connectivity index (χ0) is 14.1. The topological polar surface area (TPSA) is 41.6 Å². The van der Waals surface area contributed by atoms with E-state index >= 15 is 0 Å². The van der Waals surface area contributed by atoms with Gasteiger partial charge in [0.15, 0.2) is 11.6 Å². The summed E-state index contributed by atoms with van der Waals surface area (Å²) in [5.41, 5.74) is 0.622. The first-order valence-electron chi connectivity index (χ1n) is 7.11. The highest BCUT2D eigenvalue weighted by atomic mass is 19.1. The molecule has 108 valence electrons. The molecule has 2 fully saturated rings. The van der Waals surface area contributed by atoms with E-state index in [2.05, 4.69) is 5.32 Å². The Labute approximate surface area is 117 Å². The van der Waals surface area contributed by atoms with Crippen LogP contribution in [0.2, 0.25) is 0 Å². The van der Waals surface area contributed by atoms with E-state index in [1.54, 1.807) is 24.1 Å². The first kappa shape index (κ1) is 13.2. The lowest BCUT2D eigenvalue weighted by atomic mass is 9.96. The molecule has 1 amide bonds. The summed E-state index contributed by atoms with van der Waals surface area (Å²) in [4.78, 5) is 13.5. The normalized spacial score (nSPS) is 22.8. The predicted octanol–water partition coefficient (Wildman–Crippen LogP) is 2.40. The lowest BCUT2D eigenvalue weighted by molar-refractivity contribution is -0.127. The summed E-state index contributed by atoms with van der Waals surface area (Å²) in [6.45, 7) is 0.738. The number of likely N-dealkylation sites (N-methyl/N-ethyl adjacent to an activating group) is 1. The summed E-state index contributed by atoms with van der Waals surface area (Å²) in [5, 5.41) is 3.08. The molecule has 1 heterocycles. The van der Waals surface area contributed by atoms with Gasteiger partial charge in [0, 0.05) is 25.3 Å².